The summed E-state index contributed by atoms with van der Waals surface area (Å²) in [7, 11) is 3.25. The van der Waals surface area contributed by atoms with E-state index < -0.39 is 0 Å². The summed E-state index contributed by atoms with van der Waals surface area (Å²) in [5.41, 5.74) is 0. The fourth-order valence-corrected chi connectivity index (χ4v) is 0. The quantitative estimate of drug-likeness (QED) is 0.504. The summed E-state index contributed by atoms with van der Waals surface area (Å²) in [5.74, 6) is 0. The molecule has 4 heavy (non-hydrogen) atoms. The van der Waals surface area contributed by atoms with E-state index in [9.17, 15) is 0 Å². The van der Waals surface area contributed by atoms with Crippen LogP contribution in [0.2, 0.25) is 0 Å². The zero-order valence-electron chi connectivity index (χ0n) is 1.89. The third-order valence-corrected chi connectivity index (χ3v) is 0. The standard InChI is InChI=1S/BO.Bi.O.H/c1-2;;;. The van der Waals surface area contributed by atoms with E-state index in [4.69, 9.17) is 7.52 Å². The molecular weight excluding hydrogens is 252 g/mol. The van der Waals surface area contributed by atoms with Gasteiger partial charge in [-0.05, 0) is 0 Å². The van der Waals surface area contributed by atoms with Crippen molar-refractivity contribution in [3.05, 3.63) is 0 Å². The molecule has 0 aliphatic heterocycles. The SMILES string of the molecule is [B]=O.[O]=[BiH]. The van der Waals surface area contributed by atoms with Gasteiger partial charge in [0.2, 0.25) is 0 Å². The van der Waals surface area contributed by atoms with Crippen molar-refractivity contribution in [3.63, 3.8) is 0 Å². The van der Waals surface area contributed by atoms with Crippen LogP contribution in [0.4, 0.5) is 0 Å². The predicted octanol–water partition coefficient (Wildman–Crippen LogP) is -1.27. The van der Waals surface area contributed by atoms with E-state index in [0.29, 0.717) is 0 Å². The second kappa shape index (κ2) is 76.7. The van der Waals surface area contributed by atoms with Crippen LogP contribution in [0.25, 0.3) is 0 Å². The Kier molecular flexibility index (Phi) is 169. The van der Waals surface area contributed by atoms with E-state index in [0.717, 1.165) is 0 Å². The molecule has 0 aromatic rings. The summed E-state index contributed by atoms with van der Waals surface area (Å²) in [5, 5.41) is 0. The molecule has 21 valence electrons. The molecule has 0 fully saturated rings. The van der Waals surface area contributed by atoms with Crippen LogP contribution in [0, 0.1) is 0 Å². The molecule has 0 aliphatic carbocycles. The molecule has 0 N–H and O–H groups in total. The van der Waals surface area contributed by atoms with Crippen molar-refractivity contribution >= 4 is 32.4 Å². The van der Waals surface area contributed by atoms with Gasteiger partial charge in [-0.3, -0.25) is 0 Å². The molecule has 0 amide bonds. The Balaban J connectivity index is 0. The summed E-state index contributed by atoms with van der Waals surface area (Å²) >= 11 is 0.0556. The average Bonchev–Trinajstić information content (AvgIpc) is 1.50. The molecule has 4 heteroatoms. The Hall–Kier alpha value is 0.548. The summed E-state index contributed by atoms with van der Waals surface area (Å²) in [6, 6.07) is 0. The van der Waals surface area contributed by atoms with Crippen LogP contribution >= 0.6 is 0 Å². The fourth-order valence-electron chi connectivity index (χ4n) is 0. The van der Waals surface area contributed by atoms with Crippen molar-refractivity contribution in [1.82, 2.24) is 0 Å². The van der Waals surface area contributed by atoms with Crippen LogP contribution in [0.15, 0.2) is 0 Å². The van der Waals surface area contributed by atoms with Crippen LogP contribution in [0.5, 0.6) is 0 Å². The maximum atomic E-state index is 8.39. The monoisotopic (exact) mass is 253 g/mol. The molecular formula is HBBiO2. The summed E-state index contributed by atoms with van der Waals surface area (Å²) in [6.07, 6.45) is 0. The van der Waals surface area contributed by atoms with Crippen LogP contribution in [0.3, 0.4) is 0 Å². The van der Waals surface area contributed by atoms with E-state index in [1.165, 1.54) is 0 Å². The summed E-state index contributed by atoms with van der Waals surface area (Å²) < 4.78 is 16.1. The first-order valence-corrected chi connectivity index (χ1v) is 2.03. The van der Waals surface area contributed by atoms with Crippen LogP contribution in [-0.4, -0.2) is 32.4 Å². The Labute approximate surface area is 40.3 Å². The van der Waals surface area contributed by atoms with Crippen molar-refractivity contribution < 1.29 is 7.52 Å². The molecule has 2 nitrogen and oxygen atoms in total. The van der Waals surface area contributed by atoms with Gasteiger partial charge in [0.05, 0.1) is 0 Å². The average molecular weight is 253 g/mol. The summed E-state index contributed by atoms with van der Waals surface area (Å²) in [6.45, 7) is 0. The van der Waals surface area contributed by atoms with E-state index in [1.54, 1.807) is 0 Å². The van der Waals surface area contributed by atoms with E-state index in [1.807, 2.05) is 0 Å². The van der Waals surface area contributed by atoms with Crippen LogP contribution in [0.1, 0.15) is 0 Å². The molecule has 0 rings (SSSR count). The molecule has 0 saturated carbocycles. The first-order chi connectivity index (χ1) is 2.00. The molecule has 0 saturated heterocycles. The van der Waals surface area contributed by atoms with Gasteiger partial charge in [0, 0.05) is 0 Å². The third-order valence-electron chi connectivity index (χ3n) is 0. The third kappa shape index (κ3) is 20.3. The van der Waals surface area contributed by atoms with Crippen LogP contribution < -0.4 is 0 Å². The van der Waals surface area contributed by atoms with Gasteiger partial charge in [-0.2, -0.15) is 0 Å². The fraction of sp³-hybridized carbons (Fsp3) is 0. The van der Waals surface area contributed by atoms with Gasteiger partial charge in [-0.15, -0.1) is 0 Å². The van der Waals surface area contributed by atoms with Gasteiger partial charge in [0.25, 0.3) is 0 Å². The molecule has 0 atom stereocenters. The van der Waals surface area contributed by atoms with Gasteiger partial charge in [-0.1, -0.05) is 0 Å². The van der Waals surface area contributed by atoms with Crippen molar-refractivity contribution in [1.29, 1.82) is 0 Å². The van der Waals surface area contributed by atoms with Crippen molar-refractivity contribution in [2.24, 2.45) is 0 Å². The molecule has 0 aromatic carbocycles. The van der Waals surface area contributed by atoms with E-state index in [-0.39, 0.29) is 24.7 Å². The molecule has 0 unspecified atom stereocenters. The number of hydrogen-bond acceptors (Lipinski definition) is 2. The molecule has 0 heterocycles. The second-order valence-electron chi connectivity index (χ2n) is 0. The first kappa shape index (κ1) is 8.82. The topological polar surface area (TPSA) is 34.1 Å². The van der Waals surface area contributed by atoms with E-state index >= 15 is 0 Å². The van der Waals surface area contributed by atoms with Gasteiger partial charge in [-0.25, -0.2) is 0 Å². The second-order valence-corrected chi connectivity index (χ2v) is 0. The first-order valence-electron chi connectivity index (χ1n) is 0.440. The number of hydrogen-bond donors (Lipinski definition) is 0. The Bertz CT molecular complexity index is 8.00. The zero-order chi connectivity index (χ0) is 4.00. The van der Waals surface area contributed by atoms with Crippen molar-refractivity contribution in [3.8, 4) is 0 Å². The Morgan fingerprint density at radius 2 is 1.25 bits per heavy atom. The Morgan fingerprint density at radius 1 is 1.25 bits per heavy atom. The molecule has 1 radical (unpaired) electrons. The van der Waals surface area contributed by atoms with Crippen LogP contribution in [-0.2, 0) is 7.52 Å². The van der Waals surface area contributed by atoms with Crippen molar-refractivity contribution in [2.75, 3.05) is 0 Å². The summed E-state index contributed by atoms with van der Waals surface area (Å²) in [4.78, 5) is 0. The minimum atomic E-state index is 0.0556. The van der Waals surface area contributed by atoms with Crippen molar-refractivity contribution in [2.45, 2.75) is 0 Å². The van der Waals surface area contributed by atoms with Gasteiger partial charge in [0.15, 0.2) is 0 Å². The zero-order valence-corrected chi connectivity index (χ0v) is 5.78. The van der Waals surface area contributed by atoms with Gasteiger partial charge in [0.1, 0.15) is 0 Å². The molecule has 0 aromatic heterocycles. The van der Waals surface area contributed by atoms with Gasteiger partial charge < -0.3 is 0 Å². The Morgan fingerprint density at radius 3 is 1.25 bits per heavy atom. The number of rotatable bonds is 0. The minimum absolute atomic E-state index is 0.0556. The van der Waals surface area contributed by atoms with Gasteiger partial charge >= 0.3 is 40.0 Å². The maximum absolute atomic E-state index is 8.39. The normalized spacial score (nSPS) is 1.75. The molecule has 0 aliphatic rings. The molecule has 0 bridgehead atoms. The predicted molar refractivity (Wildman–Crippen MR) is 14.3 cm³/mol. The molecule has 0 spiro atoms. The van der Waals surface area contributed by atoms with E-state index in [2.05, 4.69) is 7.72 Å².